The lowest BCUT2D eigenvalue weighted by molar-refractivity contribution is -0.138. The number of carbonyl (C=O) groups is 1. The lowest BCUT2D eigenvalue weighted by Crippen LogP contribution is -2.37. The molecule has 1 aliphatic rings. The molecular formula is C10H19NO3. The fourth-order valence-electron chi connectivity index (χ4n) is 1.50. The number of ether oxygens (including phenoxy) is 1. The second-order valence-electron chi connectivity index (χ2n) is 4.08. The lowest BCUT2D eigenvalue weighted by Gasteiger charge is -2.23. The normalized spacial score (nSPS) is 18.5. The molecule has 0 saturated heterocycles. The van der Waals surface area contributed by atoms with Crippen LogP contribution in [0.25, 0.3) is 0 Å². The standard InChI is InChI=1S/C10H19NO3/c1-8(14-2)5-11(7-10(12)13)6-9-3-4-9/h8-9H,3-7H2,1-2H3,(H,12,13). The first-order valence-corrected chi connectivity index (χ1v) is 5.08. The molecular weight excluding hydrogens is 182 g/mol. The molecule has 0 aromatic heterocycles. The number of methoxy groups -OCH3 is 1. The summed E-state index contributed by atoms with van der Waals surface area (Å²) in [5.74, 6) is -0.0349. The summed E-state index contributed by atoms with van der Waals surface area (Å²) in [4.78, 5) is 12.6. The van der Waals surface area contributed by atoms with Crippen molar-refractivity contribution in [1.29, 1.82) is 0 Å². The van der Waals surface area contributed by atoms with Gasteiger partial charge in [-0.3, -0.25) is 9.69 Å². The Labute approximate surface area is 84.8 Å². The zero-order chi connectivity index (χ0) is 10.6. The van der Waals surface area contributed by atoms with Gasteiger partial charge in [-0.15, -0.1) is 0 Å². The third-order valence-electron chi connectivity index (χ3n) is 2.49. The van der Waals surface area contributed by atoms with Gasteiger partial charge in [-0.25, -0.2) is 0 Å². The van der Waals surface area contributed by atoms with Crippen molar-refractivity contribution in [2.24, 2.45) is 5.92 Å². The van der Waals surface area contributed by atoms with E-state index in [4.69, 9.17) is 9.84 Å². The fraction of sp³-hybridized carbons (Fsp3) is 0.900. The summed E-state index contributed by atoms with van der Waals surface area (Å²) in [7, 11) is 1.65. The third kappa shape index (κ3) is 4.58. The van der Waals surface area contributed by atoms with Crippen LogP contribution in [-0.4, -0.2) is 48.8 Å². The van der Waals surface area contributed by atoms with Crippen molar-refractivity contribution in [3.8, 4) is 0 Å². The summed E-state index contributed by atoms with van der Waals surface area (Å²) >= 11 is 0. The Kier molecular flexibility index (Phi) is 4.35. The SMILES string of the molecule is COC(C)CN(CC(=O)O)CC1CC1. The predicted octanol–water partition coefficient (Wildman–Crippen LogP) is 0.818. The van der Waals surface area contributed by atoms with Crippen LogP contribution in [0, 0.1) is 5.92 Å². The molecule has 1 saturated carbocycles. The summed E-state index contributed by atoms with van der Waals surface area (Å²) < 4.78 is 5.13. The smallest absolute Gasteiger partial charge is 0.317 e. The average molecular weight is 201 g/mol. The zero-order valence-corrected chi connectivity index (χ0v) is 8.90. The molecule has 14 heavy (non-hydrogen) atoms. The quantitative estimate of drug-likeness (QED) is 0.662. The summed E-state index contributed by atoms with van der Waals surface area (Å²) in [6.07, 6.45) is 2.60. The summed E-state index contributed by atoms with van der Waals surface area (Å²) in [5.41, 5.74) is 0. The van der Waals surface area contributed by atoms with Gasteiger partial charge in [0.25, 0.3) is 0 Å². The number of carboxylic acids is 1. The highest BCUT2D eigenvalue weighted by Gasteiger charge is 2.25. The highest BCUT2D eigenvalue weighted by atomic mass is 16.5. The van der Waals surface area contributed by atoms with Crippen molar-refractivity contribution in [3.05, 3.63) is 0 Å². The molecule has 1 aliphatic carbocycles. The number of hydrogen-bond donors (Lipinski definition) is 1. The van der Waals surface area contributed by atoms with E-state index in [-0.39, 0.29) is 12.6 Å². The number of nitrogens with zero attached hydrogens (tertiary/aromatic N) is 1. The van der Waals surface area contributed by atoms with Gasteiger partial charge in [-0.2, -0.15) is 0 Å². The molecule has 4 heteroatoms. The van der Waals surface area contributed by atoms with E-state index in [1.807, 2.05) is 11.8 Å². The molecule has 1 rings (SSSR count). The molecule has 0 amide bonds. The van der Waals surface area contributed by atoms with Crippen LogP contribution in [0.1, 0.15) is 19.8 Å². The molecule has 82 valence electrons. The van der Waals surface area contributed by atoms with Crippen LogP contribution in [0.4, 0.5) is 0 Å². The minimum atomic E-state index is -0.756. The molecule has 1 atom stereocenters. The first kappa shape index (κ1) is 11.5. The highest BCUT2D eigenvalue weighted by molar-refractivity contribution is 5.69. The van der Waals surface area contributed by atoms with Crippen molar-refractivity contribution in [3.63, 3.8) is 0 Å². The number of rotatable bonds is 7. The van der Waals surface area contributed by atoms with Crippen LogP contribution in [-0.2, 0) is 9.53 Å². The summed E-state index contributed by atoms with van der Waals surface area (Å²) in [5, 5.41) is 8.72. The van der Waals surface area contributed by atoms with Crippen molar-refractivity contribution in [2.45, 2.75) is 25.9 Å². The van der Waals surface area contributed by atoms with E-state index < -0.39 is 5.97 Å². The molecule has 0 spiro atoms. The fourth-order valence-corrected chi connectivity index (χ4v) is 1.50. The van der Waals surface area contributed by atoms with Gasteiger partial charge in [0.15, 0.2) is 0 Å². The topological polar surface area (TPSA) is 49.8 Å². The molecule has 0 aliphatic heterocycles. The van der Waals surface area contributed by atoms with Crippen molar-refractivity contribution < 1.29 is 14.6 Å². The summed E-state index contributed by atoms with van der Waals surface area (Å²) in [6, 6.07) is 0. The van der Waals surface area contributed by atoms with E-state index in [2.05, 4.69) is 0 Å². The molecule has 1 N–H and O–H groups in total. The van der Waals surface area contributed by atoms with Crippen LogP contribution < -0.4 is 0 Å². The van der Waals surface area contributed by atoms with Gasteiger partial charge in [0.05, 0.1) is 12.6 Å². The van der Waals surface area contributed by atoms with E-state index in [0.29, 0.717) is 6.54 Å². The Balaban J connectivity index is 2.30. The van der Waals surface area contributed by atoms with Gasteiger partial charge in [-0.05, 0) is 25.7 Å². The summed E-state index contributed by atoms with van der Waals surface area (Å²) in [6.45, 7) is 3.70. The molecule has 0 aromatic carbocycles. The first-order chi connectivity index (χ1) is 6.61. The van der Waals surface area contributed by atoms with Gasteiger partial charge >= 0.3 is 5.97 Å². The molecule has 0 radical (unpaired) electrons. The molecule has 0 bridgehead atoms. The van der Waals surface area contributed by atoms with E-state index >= 15 is 0 Å². The van der Waals surface area contributed by atoms with Crippen LogP contribution in [0.15, 0.2) is 0 Å². The van der Waals surface area contributed by atoms with Gasteiger partial charge in [-0.1, -0.05) is 0 Å². The maximum atomic E-state index is 10.6. The van der Waals surface area contributed by atoms with E-state index in [1.165, 1.54) is 12.8 Å². The number of hydrogen-bond acceptors (Lipinski definition) is 3. The van der Waals surface area contributed by atoms with E-state index in [0.717, 1.165) is 12.5 Å². The second-order valence-corrected chi connectivity index (χ2v) is 4.08. The van der Waals surface area contributed by atoms with Crippen LogP contribution in [0.2, 0.25) is 0 Å². The van der Waals surface area contributed by atoms with Crippen LogP contribution >= 0.6 is 0 Å². The molecule has 0 aromatic rings. The molecule has 4 nitrogen and oxygen atoms in total. The third-order valence-corrected chi connectivity index (χ3v) is 2.49. The monoisotopic (exact) mass is 201 g/mol. The minimum Gasteiger partial charge on any atom is -0.480 e. The molecule has 1 fully saturated rings. The van der Waals surface area contributed by atoms with E-state index in [1.54, 1.807) is 7.11 Å². The molecule has 0 heterocycles. The van der Waals surface area contributed by atoms with Crippen molar-refractivity contribution in [2.75, 3.05) is 26.7 Å². The van der Waals surface area contributed by atoms with Crippen LogP contribution in [0.5, 0.6) is 0 Å². The number of carboxylic acid groups (broad SMARTS) is 1. The zero-order valence-electron chi connectivity index (χ0n) is 8.90. The minimum absolute atomic E-state index is 0.105. The Morgan fingerprint density at radius 1 is 1.64 bits per heavy atom. The Hall–Kier alpha value is -0.610. The van der Waals surface area contributed by atoms with Gasteiger partial charge in [0.1, 0.15) is 0 Å². The second kappa shape index (κ2) is 5.32. The maximum absolute atomic E-state index is 10.6. The predicted molar refractivity (Wildman–Crippen MR) is 53.3 cm³/mol. The average Bonchev–Trinajstić information content (AvgIpc) is 2.86. The maximum Gasteiger partial charge on any atom is 0.317 e. The number of aliphatic carboxylic acids is 1. The highest BCUT2D eigenvalue weighted by Crippen LogP contribution is 2.29. The first-order valence-electron chi connectivity index (χ1n) is 5.08. The van der Waals surface area contributed by atoms with Gasteiger partial charge in [0, 0.05) is 20.2 Å². The largest absolute Gasteiger partial charge is 0.480 e. The van der Waals surface area contributed by atoms with Crippen molar-refractivity contribution in [1.82, 2.24) is 4.90 Å². The molecule has 1 unspecified atom stereocenters. The van der Waals surface area contributed by atoms with Crippen LogP contribution in [0.3, 0.4) is 0 Å². The van der Waals surface area contributed by atoms with Crippen molar-refractivity contribution >= 4 is 5.97 Å². The Morgan fingerprint density at radius 2 is 2.29 bits per heavy atom. The van der Waals surface area contributed by atoms with Gasteiger partial charge < -0.3 is 9.84 Å². The van der Waals surface area contributed by atoms with Gasteiger partial charge in [0.2, 0.25) is 0 Å². The Morgan fingerprint density at radius 3 is 2.71 bits per heavy atom. The van der Waals surface area contributed by atoms with E-state index in [9.17, 15) is 4.79 Å². The lowest BCUT2D eigenvalue weighted by atomic mass is 10.3. The Bertz CT molecular complexity index is 192.